The van der Waals surface area contributed by atoms with Crippen LogP contribution in [0.5, 0.6) is 11.9 Å². The summed E-state index contributed by atoms with van der Waals surface area (Å²) in [6.07, 6.45) is -2.77. The molecular formula is C24H42N2O8. The Morgan fingerprint density at radius 3 is 2.06 bits per heavy atom. The van der Waals surface area contributed by atoms with Crippen molar-refractivity contribution in [2.24, 2.45) is 0 Å². The highest BCUT2D eigenvalue weighted by Crippen LogP contribution is 2.40. The maximum Gasteiger partial charge on any atom is 0.320 e. The van der Waals surface area contributed by atoms with Crippen LogP contribution in [0.4, 0.5) is 0 Å². The number of aliphatic hydroxyl groups is 2. The molecule has 2 heterocycles. The summed E-state index contributed by atoms with van der Waals surface area (Å²) in [7, 11) is 1.51. The van der Waals surface area contributed by atoms with Gasteiger partial charge in [-0.1, -0.05) is 0 Å². The summed E-state index contributed by atoms with van der Waals surface area (Å²) in [6.45, 7) is 18.1. The number of aromatic nitrogens is 2. The molecule has 10 heteroatoms. The summed E-state index contributed by atoms with van der Waals surface area (Å²) < 4.78 is 34.6. The van der Waals surface area contributed by atoms with Gasteiger partial charge in [-0.2, -0.15) is 4.98 Å². The van der Waals surface area contributed by atoms with E-state index in [1.54, 1.807) is 27.7 Å². The maximum atomic E-state index is 11.4. The highest BCUT2D eigenvalue weighted by molar-refractivity contribution is 5.30. The minimum atomic E-state index is -1.27. The second kappa shape index (κ2) is 10.2. The van der Waals surface area contributed by atoms with Crippen LogP contribution in [-0.2, 0) is 18.9 Å². The molecule has 0 radical (unpaired) electrons. The first-order chi connectivity index (χ1) is 15.3. The first kappa shape index (κ1) is 28.7. The van der Waals surface area contributed by atoms with Crippen molar-refractivity contribution in [3.63, 3.8) is 0 Å². The number of ether oxygens (including phenoxy) is 6. The van der Waals surface area contributed by atoms with Crippen LogP contribution in [0.1, 0.15) is 80.9 Å². The molecule has 1 saturated heterocycles. The molecule has 4 atom stereocenters. The van der Waals surface area contributed by atoms with Gasteiger partial charge in [0.1, 0.15) is 35.6 Å². The van der Waals surface area contributed by atoms with E-state index in [4.69, 9.17) is 28.4 Å². The Labute approximate surface area is 202 Å². The minimum absolute atomic E-state index is 0.0889. The third-order valence-electron chi connectivity index (χ3n) is 4.82. The predicted molar refractivity (Wildman–Crippen MR) is 125 cm³/mol. The lowest BCUT2D eigenvalue weighted by Crippen LogP contribution is -2.43. The maximum absolute atomic E-state index is 11.4. The van der Waals surface area contributed by atoms with Crippen molar-refractivity contribution in [2.45, 2.75) is 116 Å². The molecule has 1 fully saturated rings. The third kappa shape index (κ3) is 8.28. The largest absolute Gasteiger partial charge is 0.472 e. The molecule has 0 unspecified atom stereocenters. The van der Waals surface area contributed by atoms with E-state index in [-0.39, 0.29) is 24.1 Å². The molecule has 196 valence electrons. The zero-order chi connectivity index (χ0) is 26.1. The summed E-state index contributed by atoms with van der Waals surface area (Å²) in [5, 5.41) is 22.2. The van der Waals surface area contributed by atoms with Gasteiger partial charge in [0.15, 0.2) is 11.6 Å². The lowest BCUT2D eigenvalue weighted by molar-refractivity contribution is -0.220. The van der Waals surface area contributed by atoms with Crippen LogP contribution in [0.25, 0.3) is 0 Å². The smallest absolute Gasteiger partial charge is 0.320 e. The van der Waals surface area contributed by atoms with Crippen molar-refractivity contribution in [1.82, 2.24) is 9.97 Å². The van der Waals surface area contributed by atoms with Gasteiger partial charge < -0.3 is 38.6 Å². The first-order valence-corrected chi connectivity index (χ1v) is 11.5. The fourth-order valence-electron chi connectivity index (χ4n) is 3.23. The van der Waals surface area contributed by atoms with E-state index in [9.17, 15) is 10.2 Å². The van der Waals surface area contributed by atoms with Crippen LogP contribution in [0, 0.1) is 0 Å². The van der Waals surface area contributed by atoms with Crippen LogP contribution in [0.3, 0.4) is 0 Å². The Bertz CT molecular complexity index is 816. The topological polar surface area (TPSA) is 122 Å². The third-order valence-corrected chi connectivity index (χ3v) is 4.82. The molecule has 1 aromatic heterocycles. The number of rotatable bonds is 9. The molecular weight excluding hydrogens is 444 g/mol. The van der Waals surface area contributed by atoms with Crippen LogP contribution in [0.15, 0.2) is 6.20 Å². The molecule has 1 aromatic rings. The predicted octanol–water partition coefficient (Wildman–Crippen LogP) is 3.14. The molecule has 1 aliphatic heterocycles. The monoisotopic (exact) mass is 486 g/mol. The SMILES string of the molecule is COC(C)(C)OC[C@@H](O)[C@H]1OC(C)(C)O[C@H]1[C@H](O)c1cnc(OC(C)(C)C)nc1OC(C)(C)C. The number of nitrogens with zero attached hydrogens (tertiary/aromatic N) is 2. The van der Waals surface area contributed by atoms with Crippen molar-refractivity contribution in [2.75, 3.05) is 13.7 Å². The normalized spacial score (nSPS) is 23.0. The lowest BCUT2D eigenvalue weighted by atomic mass is 9.99. The minimum Gasteiger partial charge on any atom is -0.472 e. The Morgan fingerprint density at radius 1 is 0.971 bits per heavy atom. The van der Waals surface area contributed by atoms with Crippen molar-refractivity contribution >= 4 is 0 Å². The van der Waals surface area contributed by atoms with Gasteiger partial charge in [0.25, 0.3) is 0 Å². The fourth-order valence-corrected chi connectivity index (χ4v) is 3.23. The zero-order valence-electron chi connectivity index (χ0n) is 22.3. The van der Waals surface area contributed by atoms with Crippen molar-refractivity contribution in [3.8, 4) is 11.9 Å². The highest BCUT2D eigenvalue weighted by atomic mass is 16.8. The highest BCUT2D eigenvalue weighted by Gasteiger charge is 2.49. The van der Waals surface area contributed by atoms with Crippen LogP contribution >= 0.6 is 0 Å². The molecule has 34 heavy (non-hydrogen) atoms. The molecule has 0 aromatic carbocycles. The van der Waals surface area contributed by atoms with Gasteiger partial charge in [-0.3, -0.25) is 0 Å². The number of methoxy groups -OCH3 is 1. The van der Waals surface area contributed by atoms with E-state index in [0.29, 0.717) is 0 Å². The molecule has 0 amide bonds. The fraction of sp³-hybridized carbons (Fsp3) is 0.833. The van der Waals surface area contributed by atoms with E-state index in [1.807, 2.05) is 41.5 Å². The summed E-state index contributed by atoms with van der Waals surface area (Å²) in [5.41, 5.74) is -0.832. The average Bonchev–Trinajstić information content (AvgIpc) is 2.99. The first-order valence-electron chi connectivity index (χ1n) is 11.5. The number of hydrogen-bond acceptors (Lipinski definition) is 10. The Kier molecular flexibility index (Phi) is 8.60. The van der Waals surface area contributed by atoms with Gasteiger partial charge in [0, 0.05) is 13.3 Å². The van der Waals surface area contributed by atoms with E-state index in [0.717, 1.165) is 0 Å². The summed E-state index contributed by atoms with van der Waals surface area (Å²) in [5.74, 6) is -1.78. The van der Waals surface area contributed by atoms with Crippen molar-refractivity contribution in [3.05, 3.63) is 11.8 Å². The second-order valence-corrected chi connectivity index (χ2v) is 11.3. The van der Waals surface area contributed by atoms with Crippen LogP contribution < -0.4 is 9.47 Å². The van der Waals surface area contributed by atoms with Gasteiger partial charge in [0.2, 0.25) is 5.88 Å². The van der Waals surface area contributed by atoms with E-state index < -0.39 is 47.2 Å². The van der Waals surface area contributed by atoms with Crippen LogP contribution in [-0.4, -0.2) is 75.0 Å². The van der Waals surface area contributed by atoms with E-state index >= 15 is 0 Å². The molecule has 10 nitrogen and oxygen atoms in total. The molecule has 0 saturated carbocycles. The zero-order valence-corrected chi connectivity index (χ0v) is 22.3. The van der Waals surface area contributed by atoms with Gasteiger partial charge in [-0.15, -0.1) is 0 Å². The molecule has 0 aliphatic carbocycles. The Balaban J connectivity index is 2.36. The summed E-state index contributed by atoms with van der Waals surface area (Å²) in [4.78, 5) is 8.67. The second-order valence-electron chi connectivity index (χ2n) is 11.3. The number of aliphatic hydroxyl groups excluding tert-OH is 2. The standard InChI is InChI=1S/C24H42N2O8/c1-21(2,3)33-19-14(12-25-20(26-19)34-22(4,5)6)16(28)18-17(31-24(9,10)32-18)15(27)13-30-23(7,8)29-11/h12,15-18,27-28H,13H2,1-11H3/t15-,16-,17-,18+/m1/s1. The molecule has 2 N–H and O–H groups in total. The van der Waals surface area contributed by atoms with Crippen LogP contribution in [0.2, 0.25) is 0 Å². The van der Waals surface area contributed by atoms with Crippen molar-refractivity contribution < 1.29 is 38.6 Å². The lowest BCUT2D eigenvalue weighted by Gasteiger charge is -2.30. The quantitative estimate of drug-likeness (QED) is 0.503. The van der Waals surface area contributed by atoms with Gasteiger partial charge in [0.05, 0.1) is 12.2 Å². The van der Waals surface area contributed by atoms with E-state index in [2.05, 4.69) is 9.97 Å². The molecule has 2 rings (SSSR count). The van der Waals surface area contributed by atoms with Gasteiger partial charge in [-0.25, -0.2) is 4.98 Å². The summed E-state index contributed by atoms with van der Waals surface area (Å²) in [6, 6.07) is 0.124. The van der Waals surface area contributed by atoms with Crippen molar-refractivity contribution in [1.29, 1.82) is 0 Å². The summed E-state index contributed by atoms with van der Waals surface area (Å²) >= 11 is 0. The average molecular weight is 487 g/mol. The number of hydrogen-bond donors (Lipinski definition) is 2. The Morgan fingerprint density at radius 2 is 1.53 bits per heavy atom. The molecule has 0 spiro atoms. The molecule has 1 aliphatic rings. The molecule has 0 bridgehead atoms. The Hall–Kier alpha value is -1.56. The van der Waals surface area contributed by atoms with Gasteiger partial charge >= 0.3 is 6.01 Å². The van der Waals surface area contributed by atoms with Gasteiger partial charge in [-0.05, 0) is 69.2 Å². The van der Waals surface area contributed by atoms with E-state index in [1.165, 1.54) is 13.3 Å².